The second-order valence-electron chi connectivity index (χ2n) is 6.46. The molecular weight excluding hydrogens is 441 g/mol. The largest absolute Gasteiger partial charge is 0.573 e. The Balaban J connectivity index is 1.99. The number of nitrogens with zero attached hydrogens (tertiary/aromatic N) is 1. The van der Waals surface area contributed by atoms with Crippen LogP contribution < -0.4 is 10.1 Å². The molecule has 0 heterocycles. The maximum absolute atomic E-state index is 12.3. The Morgan fingerprint density at radius 2 is 1.68 bits per heavy atom. The molecule has 1 amide bonds. The topological polar surface area (TPSA) is 102 Å². The lowest BCUT2D eigenvalue weighted by molar-refractivity contribution is -0.274. The van der Waals surface area contributed by atoms with Crippen molar-refractivity contribution < 1.29 is 40.7 Å². The molecule has 0 bridgehead atoms. The second kappa shape index (κ2) is 9.35. The molecule has 1 N–H and O–H groups in total. The molecule has 2 rings (SSSR count). The Hall–Kier alpha value is -3.12. The SMILES string of the molecule is Cc1ccc(NC(=O)COC(=O)c2ccc(OC(F)(F)F)cc2)cc1S(=O)(=O)N(C)C. The molecule has 0 unspecified atom stereocenters. The van der Waals surface area contributed by atoms with Crippen LogP contribution in [0.3, 0.4) is 0 Å². The summed E-state index contributed by atoms with van der Waals surface area (Å²) in [5.41, 5.74) is 0.578. The zero-order chi connectivity index (χ0) is 23.4. The third-order valence-electron chi connectivity index (χ3n) is 3.89. The summed E-state index contributed by atoms with van der Waals surface area (Å²) in [7, 11) is -0.974. The number of carbonyl (C=O) groups excluding carboxylic acids is 2. The molecule has 0 aliphatic carbocycles. The lowest BCUT2D eigenvalue weighted by Crippen LogP contribution is -2.24. The number of esters is 1. The molecule has 0 saturated carbocycles. The van der Waals surface area contributed by atoms with Gasteiger partial charge in [-0.15, -0.1) is 13.2 Å². The number of anilines is 1. The highest BCUT2D eigenvalue weighted by Crippen LogP contribution is 2.24. The molecule has 2 aromatic carbocycles. The first-order valence-corrected chi connectivity index (χ1v) is 10.1. The van der Waals surface area contributed by atoms with Crippen LogP contribution >= 0.6 is 0 Å². The number of carbonyl (C=O) groups is 2. The van der Waals surface area contributed by atoms with Gasteiger partial charge in [-0.2, -0.15) is 0 Å². The monoisotopic (exact) mass is 460 g/mol. The highest BCUT2D eigenvalue weighted by atomic mass is 32.2. The van der Waals surface area contributed by atoms with E-state index in [1.54, 1.807) is 6.92 Å². The van der Waals surface area contributed by atoms with Crippen molar-refractivity contribution in [3.05, 3.63) is 53.6 Å². The van der Waals surface area contributed by atoms with Crippen molar-refractivity contribution >= 4 is 27.6 Å². The highest BCUT2D eigenvalue weighted by molar-refractivity contribution is 7.89. The number of ether oxygens (including phenoxy) is 2. The maximum Gasteiger partial charge on any atom is 0.573 e. The van der Waals surface area contributed by atoms with Gasteiger partial charge >= 0.3 is 12.3 Å². The Morgan fingerprint density at radius 1 is 1.06 bits per heavy atom. The van der Waals surface area contributed by atoms with E-state index in [0.29, 0.717) is 5.56 Å². The van der Waals surface area contributed by atoms with Crippen molar-refractivity contribution in [3.63, 3.8) is 0 Å². The molecule has 0 aromatic heterocycles. The minimum atomic E-state index is -4.86. The molecule has 0 saturated heterocycles. The minimum absolute atomic E-state index is 0.00783. The van der Waals surface area contributed by atoms with Crippen LogP contribution in [0.1, 0.15) is 15.9 Å². The summed E-state index contributed by atoms with van der Waals surface area (Å²) in [6, 6.07) is 8.27. The maximum atomic E-state index is 12.3. The Kier molecular flexibility index (Phi) is 7.28. The number of amides is 1. The fourth-order valence-electron chi connectivity index (χ4n) is 2.36. The van der Waals surface area contributed by atoms with Crippen LogP contribution in [0.2, 0.25) is 0 Å². The predicted octanol–water partition coefficient (Wildman–Crippen LogP) is 2.94. The number of aryl methyl sites for hydroxylation is 1. The van der Waals surface area contributed by atoms with Crippen LogP contribution in [0.4, 0.5) is 18.9 Å². The molecule has 0 aliphatic rings. The molecule has 0 atom stereocenters. The standard InChI is InChI=1S/C19H19F3N2O6S/c1-12-4-7-14(10-16(12)31(27,28)24(2)3)23-17(25)11-29-18(26)13-5-8-15(9-6-13)30-19(20,21)22/h4-10H,11H2,1-3H3,(H,23,25). The van der Waals surface area contributed by atoms with Gasteiger partial charge in [0.15, 0.2) is 6.61 Å². The first-order chi connectivity index (χ1) is 14.3. The quantitative estimate of drug-likeness (QED) is 0.638. The molecule has 0 fully saturated rings. The molecule has 0 aliphatic heterocycles. The van der Waals surface area contributed by atoms with Crippen LogP contribution in [0.25, 0.3) is 0 Å². The van der Waals surface area contributed by atoms with E-state index in [1.807, 2.05) is 0 Å². The van der Waals surface area contributed by atoms with Crippen molar-refractivity contribution in [1.29, 1.82) is 0 Å². The number of rotatable bonds is 7. The highest BCUT2D eigenvalue weighted by Gasteiger charge is 2.31. The zero-order valence-electron chi connectivity index (χ0n) is 16.7. The number of benzene rings is 2. The van der Waals surface area contributed by atoms with Crippen molar-refractivity contribution in [2.45, 2.75) is 18.2 Å². The molecule has 31 heavy (non-hydrogen) atoms. The number of nitrogens with one attached hydrogen (secondary N) is 1. The summed E-state index contributed by atoms with van der Waals surface area (Å²) in [6.07, 6.45) is -4.86. The van der Waals surface area contributed by atoms with Crippen LogP contribution in [-0.4, -0.2) is 51.7 Å². The summed E-state index contributed by atoms with van der Waals surface area (Å²) in [4.78, 5) is 24.0. The first kappa shape index (κ1) is 24.2. The number of hydrogen-bond donors (Lipinski definition) is 1. The zero-order valence-corrected chi connectivity index (χ0v) is 17.5. The van der Waals surface area contributed by atoms with E-state index in [9.17, 15) is 31.2 Å². The summed E-state index contributed by atoms with van der Waals surface area (Å²) < 4.78 is 70.7. The van der Waals surface area contributed by atoms with E-state index in [0.717, 1.165) is 28.6 Å². The number of halogens is 3. The lowest BCUT2D eigenvalue weighted by atomic mass is 10.2. The molecule has 12 heteroatoms. The lowest BCUT2D eigenvalue weighted by Gasteiger charge is -2.15. The predicted molar refractivity (Wildman–Crippen MR) is 104 cm³/mol. The third kappa shape index (κ3) is 6.69. The van der Waals surface area contributed by atoms with Gasteiger partial charge in [0.05, 0.1) is 10.5 Å². The van der Waals surface area contributed by atoms with Crippen molar-refractivity contribution in [1.82, 2.24) is 4.31 Å². The summed E-state index contributed by atoms with van der Waals surface area (Å²) >= 11 is 0. The number of hydrogen-bond acceptors (Lipinski definition) is 6. The molecule has 0 spiro atoms. The smallest absolute Gasteiger partial charge is 0.452 e. The molecule has 2 aromatic rings. The van der Waals surface area contributed by atoms with Crippen LogP contribution in [0.15, 0.2) is 47.4 Å². The Morgan fingerprint density at radius 3 is 2.23 bits per heavy atom. The van der Waals surface area contributed by atoms with Gasteiger partial charge in [-0.3, -0.25) is 4.79 Å². The van der Waals surface area contributed by atoms with Gasteiger partial charge in [0.25, 0.3) is 5.91 Å². The van der Waals surface area contributed by atoms with E-state index >= 15 is 0 Å². The van der Waals surface area contributed by atoms with E-state index in [-0.39, 0.29) is 16.1 Å². The minimum Gasteiger partial charge on any atom is -0.452 e. The van der Waals surface area contributed by atoms with Crippen LogP contribution in [0.5, 0.6) is 5.75 Å². The van der Waals surface area contributed by atoms with Gasteiger partial charge in [0.2, 0.25) is 10.0 Å². The average molecular weight is 460 g/mol. The molecular formula is C19H19F3N2O6S. The summed E-state index contributed by atoms with van der Waals surface area (Å²) in [5, 5.41) is 2.42. The van der Waals surface area contributed by atoms with E-state index in [2.05, 4.69) is 10.1 Å². The van der Waals surface area contributed by atoms with Gasteiger partial charge in [-0.25, -0.2) is 17.5 Å². The average Bonchev–Trinajstić information content (AvgIpc) is 2.66. The Labute approximate surface area is 176 Å². The molecule has 168 valence electrons. The van der Waals surface area contributed by atoms with Crippen molar-refractivity contribution in [2.24, 2.45) is 0 Å². The van der Waals surface area contributed by atoms with Crippen LogP contribution in [0, 0.1) is 6.92 Å². The molecule has 0 radical (unpaired) electrons. The van der Waals surface area contributed by atoms with Gasteiger partial charge in [-0.1, -0.05) is 6.07 Å². The normalized spacial score (nSPS) is 11.8. The summed E-state index contributed by atoms with van der Waals surface area (Å²) in [5.74, 6) is -2.18. The fourth-order valence-corrected chi connectivity index (χ4v) is 3.50. The van der Waals surface area contributed by atoms with Gasteiger partial charge in [0, 0.05) is 19.8 Å². The van der Waals surface area contributed by atoms with Gasteiger partial charge in [-0.05, 0) is 48.9 Å². The third-order valence-corrected chi connectivity index (χ3v) is 5.85. The van der Waals surface area contributed by atoms with Gasteiger partial charge in [0.1, 0.15) is 5.75 Å². The van der Waals surface area contributed by atoms with E-state index < -0.39 is 40.6 Å². The van der Waals surface area contributed by atoms with E-state index in [4.69, 9.17) is 4.74 Å². The Bertz CT molecular complexity index is 1070. The number of sulfonamides is 1. The second-order valence-corrected chi connectivity index (χ2v) is 8.58. The van der Waals surface area contributed by atoms with Gasteiger partial charge < -0.3 is 14.8 Å². The van der Waals surface area contributed by atoms with Crippen molar-refractivity contribution in [3.8, 4) is 5.75 Å². The molecule has 8 nitrogen and oxygen atoms in total. The summed E-state index contributed by atoms with van der Waals surface area (Å²) in [6.45, 7) is 0.915. The first-order valence-electron chi connectivity index (χ1n) is 8.65. The van der Waals surface area contributed by atoms with E-state index in [1.165, 1.54) is 32.3 Å². The van der Waals surface area contributed by atoms with Crippen molar-refractivity contribution in [2.75, 3.05) is 26.0 Å². The van der Waals surface area contributed by atoms with Crippen LogP contribution in [-0.2, 0) is 19.6 Å². The fraction of sp³-hybridized carbons (Fsp3) is 0.263. The number of alkyl halides is 3.